The molecule has 4 rings (SSSR count). The minimum absolute atomic E-state index is 0.109. The van der Waals surface area contributed by atoms with Gasteiger partial charge >= 0.3 is 0 Å². The fourth-order valence-electron chi connectivity index (χ4n) is 3.57. The quantitative estimate of drug-likeness (QED) is 0.868. The number of hydrogen-bond donors (Lipinski definition) is 1. The first kappa shape index (κ1) is 16.7. The molecule has 0 radical (unpaired) electrons. The van der Waals surface area contributed by atoms with Crippen molar-refractivity contribution >= 4 is 11.8 Å². The SMILES string of the molecule is Cc1cc(C)n(C2CN(C(=O)[C@H]3OCC(=O)N[C@@H]3c3cccnc3)C2)n1. The van der Waals surface area contributed by atoms with Crippen LogP contribution in [0.2, 0.25) is 0 Å². The van der Waals surface area contributed by atoms with E-state index in [0.717, 1.165) is 17.0 Å². The Labute approximate surface area is 151 Å². The number of morpholine rings is 1. The van der Waals surface area contributed by atoms with Gasteiger partial charge in [-0.25, -0.2) is 0 Å². The summed E-state index contributed by atoms with van der Waals surface area (Å²) in [6.45, 7) is 5.05. The number of pyridine rings is 1. The molecule has 2 aliphatic heterocycles. The van der Waals surface area contributed by atoms with Gasteiger partial charge in [0.25, 0.3) is 5.91 Å². The predicted molar refractivity (Wildman–Crippen MR) is 92.2 cm³/mol. The fourth-order valence-corrected chi connectivity index (χ4v) is 3.57. The number of amides is 2. The number of hydrogen-bond acceptors (Lipinski definition) is 5. The van der Waals surface area contributed by atoms with Crippen LogP contribution in [0.4, 0.5) is 0 Å². The molecule has 8 heteroatoms. The zero-order chi connectivity index (χ0) is 18.3. The number of likely N-dealkylation sites (tertiary alicyclic amines) is 1. The Kier molecular flexibility index (Phi) is 4.20. The number of aromatic nitrogens is 3. The lowest BCUT2D eigenvalue weighted by Gasteiger charge is -2.43. The molecule has 2 aliphatic rings. The van der Waals surface area contributed by atoms with Crippen LogP contribution in [0.5, 0.6) is 0 Å². The van der Waals surface area contributed by atoms with E-state index in [0.29, 0.717) is 13.1 Å². The number of rotatable bonds is 3. The third kappa shape index (κ3) is 2.96. The Bertz CT molecular complexity index is 829. The van der Waals surface area contributed by atoms with Crippen LogP contribution in [0.25, 0.3) is 0 Å². The van der Waals surface area contributed by atoms with E-state index in [-0.39, 0.29) is 24.5 Å². The Balaban J connectivity index is 1.47. The summed E-state index contributed by atoms with van der Waals surface area (Å²) in [4.78, 5) is 30.5. The molecule has 4 heterocycles. The number of carbonyl (C=O) groups excluding carboxylic acids is 2. The van der Waals surface area contributed by atoms with Gasteiger partial charge in [0.15, 0.2) is 6.10 Å². The first-order valence-corrected chi connectivity index (χ1v) is 8.65. The van der Waals surface area contributed by atoms with Crippen molar-refractivity contribution in [1.82, 2.24) is 25.0 Å². The van der Waals surface area contributed by atoms with Crippen LogP contribution < -0.4 is 5.32 Å². The van der Waals surface area contributed by atoms with Gasteiger partial charge < -0.3 is 15.0 Å². The summed E-state index contributed by atoms with van der Waals surface area (Å²) in [5, 5.41) is 7.35. The molecule has 2 amide bonds. The summed E-state index contributed by atoms with van der Waals surface area (Å²) >= 11 is 0. The lowest BCUT2D eigenvalue weighted by molar-refractivity contribution is -0.159. The molecule has 2 fully saturated rings. The Morgan fingerprint density at radius 1 is 1.35 bits per heavy atom. The van der Waals surface area contributed by atoms with Gasteiger partial charge in [0.1, 0.15) is 6.61 Å². The molecule has 8 nitrogen and oxygen atoms in total. The Morgan fingerprint density at radius 3 is 2.81 bits per heavy atom. The largest absolute Gasteiger partial charge is 0.356 e. The molecule has 2 saturated heterocycles. The van der Waals surface area contributed by atoms with E-state index in [1.807, 2.05) is 30.7 Å². The maximum absolute atomic E-state index is 12.9. The number of nitrogens with zero attached hydrogens (tertiary/aromatic N) is 4. The monoisotopic (exact) mass is 355 g/mol. The molecule has 2 aromatic rings. The molecule has 0 bridgehead atoms. The van der Waals surface area contributed by atoms with Crippen LogP contribution in [0, 0.1) is 13.8 Å². The van der Waals surface area contributed by atoms with Crippen LogP contribution in [0.15, 0.2) is 30.6 Å². The summed E-state index contributed by atoms with van der Waals surface area (Å²) in [5.41, 5.74) is 2.82. The van der Waals surface area contributed by atoms with Crippen molar-refractivity contribution in [3.8, 4) is 0 Å². The summed E-state index contributed by atoms with van der Waals surface area (Å²) in [5.74, 6) is -0.344. The van der Waals surface area contributed by atoms with E-state index in [4.69, 9.17) is 4.74 Å². The number of nitrogens with one attached hydrogen (secondary N) is 1. The van der Waals surface area contributed by atoms with E-state index < -0.39 is 12.1 Å². The van der Waals surface area contributed by atoms with E-state index in [1.54, 1.807) is 23.4 Å². The van der Waals surface area contributed by atoms with Gasteiger partial charge in [0.05, 0.1) is 17.8 Å². The van der Waals surface area contributed by atoms with E-state index in [1.165, 1.54) is 0 Å². The minimum atomic E-state index is -0.738. The average Bonchev–Trinajstić information content (AvgIpc) is 2.92. The second-order valence-electron chi connectivity index (χ2n) is 6.83. The third-order valence-electron chi connectivity index (χ3n) is 4.86. The molecular weight excluding hydrogens is 334 g/mol. The van der Waals surface area contributed by atoms with Crippen molar-refractivity contribution in [2.75, 3.05) is 19.7 Å². The zero-order valence-electron chi connectivity index (χ0n) is 14.8. The third-order valence-corrected chi connectivity index (χ3v) is 4.86. The average molecular weight is 355 g/mol. The number of aryl methyl sites for hydroxylation is 2. The van der Waals surface area contributed by atoms with Crippen LogP contribution in [0.1, 0.15) is 29.0 Å². The summed E-state index contributed by atoms with van der Waals surface area (Å²) in [6, 6.07) is 5.30. The molecule has 2 aromatic heterocycles. The second kappa shape index (κ2) is 6.53. The van der Waals surface area contributed by atoms with Gasteiger partial charge in [-0.15, -0.1) is 0 Å². The first-order valence-electron chi connectivity index (χ1n) is 8.65. The van der Waals surface area contributed by atoms with Gasteiger partial charge in [-0.1, -0.05) is 6.07 Å². The molecule has 0 aliphatic carbocycles. The highest BCUT2D eigenvalue weighted by atomic mass is 16.5. The standard InChI is InChI=1S/C18H21N5O3/c1-11-6-12(2)23(21-11)14-8-22(9-14)18(25)17-16(20-15(24)10-26-17)13-4-3-5-19-7-13/h3-7,14,16-17H,8-10H2,1-2H3,(H,20,24)/t16-,17+/m1/s1. The normalized spacial score (nSPS) is 23.5. The van der Waals surface area contributed by atoms with Gasteiger partial charge in [0.2, 0.25) is 5.91 Å². The summed E-state index contributed by atoms with van der Waals surface area (Å²) in [6.07, 6.45) is 2.56. The van der Waals surface area contributed by atoms with Crippen molar-refractivity contribution in [2.45, 2.75) is 32.0 Å². The molecule has 0 unspecified atom stereocenters. The number of carbonyl (C=O) groups is 2. The Morgan fingerprint density at radius 2 is 2.15 bits per heavy atom. The summed E-state index contributed by atoms with van der Waals surface area (Å²) in [7, 11) is 0. The molecule has 136 valence electrons. The zero-order valence-corrected chi connectivity index (χ0v) is 14.8. The molecule has 0 aromatic carbocycles. The summed E-state index contributed by atoms with van der Waals surface area (Å²) < 4.78 is 7.56. The minimum Gasteiger partial charge on any atom is -0.356 e. The lowest BCUT2D eigenvalue weighted by Crippen LogP contribution is -2.59. The molecule has 26 heavy (non-hydrogen) atoms. The maximum atomic E-state index is 12.9. The van der Waals surface area contributed by atoms with Gasteiger partial charge in [-0.05, 0) is 31.5 Å². The lowest BCUT2D eigenvalue weighted by atomic mass is 9.98. The van der Waals surface area contributed by atoms with Crippen molar-refractivity contribution in [3.63, 3.8) is 0 Å². The van der Waals surface area contributed by atoms with Crippen molar-refractivity contribution in [1.29, 1.82) is 0 Å². The Hall–Kier alpha value is -2.74. The van der Waals surface area contributed by atoms with E-state index >= 15 is 0 Å². The highest BCUT2D eigenvalue weighted by Crippen LogP contribution is 2.28. The predicted octanol–water partition coefficient (Wildman–Crippen LogP) is 0.535. The first-order chi connectivity index (χ1) is 12.5. The second-order valence-corrected chi connectivity index (χ2v) is 6.83. The van der Waals surface area contributed by atoms with E-state index in [2.05, 4.69) is 15.4 Å². The van der Waals surface area contributed by atoms with Crippen LogP contribution >= 0.6 is 0 Å². The van der Waals surface area contributed by atoms with Crippen LogP contribution in [-0.4, -0.2) is 57.3 Å². The van der Waals surface area contributed by atoms with Crippen molar-refractivity contribution in [2.24, 2.45) is 0 Å². The number of ether oxygens (including phenoxy) is 1. The van der Waals surface area contributed by atoms with Gasteiger partial charge in [-0.2, -0.15) is 5.10 Å². The van der Waals surface area contributed by atoms with Crippen LogP contribution in [0.3, 0.4) is 0 Å². The molecule has 2 atom stereocenters. The highest BCUT2D eigenvalue weighted by Gasteiger charge is 2.42. The van der Waals surface area contributed by atoms with Crippen molar-refractivity contribution in [3.05, 3.63) is 47.5 Å². The topological polar surface area (TPSA) is 89.4 Å². The van der Waals surface area contributed by atoms with Crippen LogP contribution in [-0.2, 0) is 14.3 Å². The van der Waals surface area contributed by atoms with E-state index in [9.17, 15) is 9.59 Å². The molecule has 0 spiro atoms. The van der Waals surface area contributed by atoms with Crippen molar-refractivity contribution < 1.29 is 14.3 Å². The molecule has 1 N–H and O–H groups in total. The smallest absolute Gasteiger partial charge is 0.254 e. The highest BCUT2D eigenvalue weighted by molar-refractivity contribution is 5.86. The fraction of sp³-hybridized carbons (Fsp3) is 0.444. The van der Waals surface area contributed by atoms with Gasteiger partial charge in [0, 0.05) is 31.2 Å². The molecular formula is C18H21N5O3. The maximum Gasteiger partial charge on any atom is 0.254 e. The van der Waals surface area contributed by atoms with Gasteiger partial charge in [-0.3, -0.25) is 19.3 Å². The molecule has 0 saturated carbocycles.